The van der Waals surface area contributed by atoms with Crippen molar-refractivity contribution >= 4 is 35.5 Å². The van der Waals surface area contributed by atoms with Crippen LogP contribution >= 0.6 is 23.2 Å². The van der Waals surface area contributed by atoms with Crippen LogP contribution in [-0.2, 0) is 20.7 Å². The summed E-state index contributed by atoms with van der Waals surface area (Å²) in [4.78, 5) is 25.2. The summed E-state index contributed by atoms with van der Waals surface area (Å²) in [7, 11) is 0. The Balaban J connectivity index is 2.12. The average molecular weight is 345 g/mol. The quantitative estimate of drug-likeness (QED) is 0.830. The molecule has 120 valence electrons. The number of amides is 2. The van der Waals surface area contributed by atoms with Crippen molar-refractivity contribution < 1.29 is 14.3 Å². The zero-order valence-electron chi connectivity index (χ0n) is 12.2. The number of rotatable bonds is 5. The summed E-state index contributed by atoms with van der Waals surface area (Å²) in [5.74, 6) is -0.117. The Hall–Kier alpha value is -1.30. The summed E-state index contributed by atoms with van der Waals surface area (Å²) in [6, 6.07) is 4.54. The Morgan fingerprint density at radius 3 is 2.91 bits per heavy atom. The maximum atomic E-state index is 12.6. The van der Waals surface area contributed by atoms with Crippen LogP contribution in [0.1, 0.15) is 12.5 Å². The van der Waals surface area contributed by atoms with Crippen molar-refractivity contribution in [2.75, 3.05) is 19.8 Å². The van der Waals surface area contributed by atoms with Gasteiger partial charge in [-0.25, -0.2) is 0 Å². The molecule has 0 spiro atoms. The normalized spacial score (nSPS) is 19.6. The fourth-order valence-corrected chi connectivity index (χ4v) is 2.78. The van der Waals surface area contributed by atoms with Crippen LogP contribution in [0.25, 0.3) is 0 Å². The summed E-state index contributed by atoms with van der Waals surface area (Å²) in [6.07, 6.45) is 0.906. The van der Waals surface area contributed by atoms with Gasteiger partial charge in [-0.15, -0.1) is 0 Å². The Morgan fingerprint density at radius 2 is 2.27 bits per heavy atom. The third-order valence-electron chi connectivity index (χ3n) is 3.64. The molecule has 1 aromatic rings. The van der Waals surface area contributed by atoms with Gasteiger partial charge in [0.2, 0.25) is 12.3 Å². The van der Waals surface area contributed by atoms with Crippen molar-refractivity contribution in [1.82, 2.24) is 10.2 Å². The number of nitrogens with zero attached hydrogens (tertiary/aromatic N) is 1. The molecular weight excluding hydrogens is 327 g/mol. The van der Waals surface area contributed by atoms with Crippen LogP contribution in [0.4, 0.5) is 0 Å². The number of nitrogens with one attached hydrogen (secondary N) is 1. The van der Waals surface area contributed by atoms with E-state index in [4.69, 9.17) is 27.9 Å². The number of hydrogen-bond donors (Lipinski definition) is 1. The molecule has 22 heavy (non-hydrogen) atoms. The van der Waals surface area contributed by atoms with Gasteiger partial charge in [-0.1, -0.05) is 29.3 Å². The minimum Gasteiger partial charge on any atom is -0.377 e. The van der Waals surface area contributed by atoms with Crippen molar-refractivity contribution in [3.05, 3.63) is 33.8 Å². The number of benzene rings is 1. The first-order valence-corrected chi connectivity index (χ1v) is 7.80. The number of halogens is 2. The van der Waals surface area contributed by atoms with Crippen molar-refractivity contribution in [2.24, 2.45) is 0 Å². The topological polar surface area (TPSA) is 58.6 Å². The third kappa shape index (κ3) is 4.12. The fraction of sp³-hybridized carbons (Fsp3) is 0.467. The molecule has 2 rings (SSSR count). The second kappa shape index (κ2) is 7.81. The SMILES string of the molecule is C[C@@H]1COCCN1C(=O)[C@@H](Cc1ccc(Cl)c(Cl)c1)NC=O. The van der Waals surface area contributed by atoms with Gasteiger partial charge in [0.15, 0.2) is 0 Å². The van der Waals surface area contributed by atoms with Crippen LogP contribution in [0.15, 0.2) is 18.2 Å². The van der Waals surface area contributed by atoms with Gasteiger partial charge in [-0.05, 0) is 24.6 Å². The predicted octanol–water partition coefficient (Wildman–Crippen LogP) is 1.90. The van der Waals surface area contributed by atoms with Gasteiger partial charge in [-0.3, -0.25) is 9.59 Å². The first-order chi connectivity index (χ1) is 10.5. The Morgan fingerprint density at radius 1 is 1.50 bits per heavy atom. The van der Waals surface area contributed by atoms with Gasteiger partial charge in [0.05, 0.1) is 29.3 Å². The Kier molecular flexibility index (Phi) is 6.06. The van der Waals surface area contributed by atoms with E-state index in [2.05, 4.69) is 5.32 Å². The van der Waals surface area contributed by atoms with E-state index in [0.717, 1.165) is 5.56 Å². The van der Waals surface area contributed by atoms with Crippen molar-refractivity contribution in [1.29, 1.82) is 0 Å². The van der Waals surface area contributed by atoms with Gasteiger partial charge in [0.25, 0.3) is 0 Å². The van der Waals surface area contributed by atoms with Crippen molar-refractivity contribution in [2.45, 2.75) is 25.4 Å². The highest BCUT2D eigenvalue weighted by molar-refractivity contribution is 6.42. The molecule has 1 N–H and O–H groups in total. The number of morpholine rings is 1. The number of carbonyl (C=O) groups excluding carboxylic acids is 2. The van der Waals surface area contributed by atoms with Gasteiger partial charge in [0, 0.05) is 13.0 Å². The predicted molar refractivity (Wildman–Crippen MR) is 85.1 cm³/mol. The standard InChI is InChI=1S/C15H18Cl2N2O3/c1-10-8-22-5-4-19(10)15(21)14(18-9-20)7-11-2-3-12(16)13(17)6-11/h2-3,6,9-10,14H,4-5,7-8H2,1H3,(H,18,20)/t10-,14-/m1/s1. The lowest BCUT2D eigenvalue weighted by atomic mass is 10.0. The maximum absolute atomic E-state index is 12.6. The molecule has 1 aromatic carbocycles. The molecule has 1 saturated heterocycles. The van der Waals surface area contributed by atoms with E-state index in [1.165, 1.54) is 0 Å². The molecule has 0 bridgehead atoms. The highest BCUT2D eigenvalue weighted by atomic mass is 35.5. The molecule has 0 radical (unpaired) electrons. The van der Waals surface area contributed by atoms with E-state index in [9.17, 15) is 9.59 Å². The fourth-order valence-electron chi connectivity index (χ4n) is 2.46. The Labute approximate surface area is 139 Å². The molecule has 1 fully saturated rings. The lowest BCUT2D eigenvalue weighted by Gasteiger charge is -2.35. The van der Waals surface area contributed by atoms with Gasteiger partial charge < -0.3 is 15.0 Å². The summed E-state index contributed by atoms with van der Waals surface area (Å²) < 4.78 is 5.33. The van der Waals surface area contributed by atoms with Gasteiger partial charge in [0.1, 0.15) is 6.04 Å². The minimum absolute atomic E-state index is 0.00833. The largest absolute Gasteiger partial charge is 0.377 e. The highest BCUT2D eigenvalue weighted by Crippen LogP contribution is 2.23. The number of hydrogen-bond acceptors (Lipinski definition) is 3. The zero-order valence-corrected chi connectivity index (χ0v) is 13.7. The van der Waals surface area contributed by atoms with E-state index >= 15 is 0 Å². The molecule has 0 saturated carbocycles. The summed E-state index contributed by atoms with van der Waals surface area (Å²) in [6.45, 7) is 3.47. The summed E-state index contributed by atoms with van der Waals surface area (Å²) in [5, 5.41) is 3.48. The van der Waals surface area contributed by atoms with E-state index in [-0.39, 0.29) is 11.9 Å². The van der Waals surface area contributed by atoms with Crippen LogP contribution in [0, 0.1) is 0 Å². The molecule has 1 aliphatic heterocycles. The van der Waals surface area contributed by atoms with Crippen molar-refractivity contribution in [3.8, 4) is 0 Å². The number of carbonyl (C=O) groups is 2. The van der Waals surface area contributed by atoms with Crippen LogP contribution in [0.2, 0.25) is 10.0 Å². The molecule has 2 atom stereocenters. The van der Waals surface area contributed by atoms with Gasteiger partial charge in [-0.2, -0.15) is 0 Å². The Bertz CT molecular complexity index is 554. The first-order valence-electron chi connectivity index (χ1n) is 7.04. The van der Waals surface area contributed by atoms with Crippen LogP contribution in [-0.4, -0.2) is 49.1 Å². The molecule has 0 unspecified atom stereocenters. The minimum atomic E-state index is -0.629. The monoisotopic (exact) mass is 344 g/mol. The molecular formula is C15H18Cl2N2O3. The van der Waals surface area contributed by atoms with Gasteiger partial charge >= 0.3 is 0 Å². The lowest BCUT2D eigenvalue weighted by Crippen LogP contribution is -2.54. The van der Waals surface area contributed by atoms with Crippen molar-refractivity contribution in [3.63, 3.8) is 0 Å². The maximum Gasteiger partial charge on any atom is 0.245 e. The highest BCUT2D eigenvalue weighted by Gasteiger charge is 2.29. The molecule has 5 nitrogen and oxygen atoms in total. The van der Waals surface area contributed by atoms with E-state index in [1.807, 2.05) is 6.92 Å². The summed E-state index contributed by atoms with van der Waals surface area (Å²) >= 11 is 11.9. The van der Waals surface area contributed by atoms with E-state index in [1.54, 1.807) is 23.1 Å². The molecule has 0 aromatic heterocycles. The molecule has 2 amide bonds. The average Bonchev–Trinajstić information content (AvgIpc) is 2.50. The molecule has 7 heteroatoms. The molecule has 0 aliphatic carbocycles. The second-order valence-corrected chi connectivity index (χ2v) is 6.06. The molecule has 1 aliphatic rings. The number of ether oxygens (including phenoxy) is 1. The summed E-state index contributed by atoms with van der Waals surface area (Å²) in [5.41, 5.74) is 0.836. The van der Waals surface area contributed by atoms with E-state index in [0.29, 0.717) is 42.6 Å². The zero-order chi connectivity index (χ0) is 16.1. The lowest BCUT2D eigenvalue weighted by molar-refractivity contribution is -0.142. The third-order valence-corrected chi connectivity index (χ3v) is 4.38. The van der Waals surface area contributed by atoms with Crippen LogP contribution < -0.4 is 5.32 Å². The molecule has 1 heterocycles. The first kappa shape index (κ1) is 17.1. The van der Waals surface area contributed by atoms with E-state index < -0.39 is 6.04 Å². The second-order valence-electron chi connectivity index (χ2n) is 5.25. The van der Waals surface area contributed by atoms with Crippen LogP contribution in [0.3, 0.4) is 0 Å². The smallest absolute Gasteiger partial charge is 0.245 e. The van der Waals surface area contributed by atoms with Crippen LogP contribution in [0.5, 0.6) is 0 Å².